The third kappa shape index (κ3) is 6.96. The summed E-state index contributed by atoms with van der Waals surface area (Å²) in [4.78, 5) is 22.5. The molecule has 122 valence electrons. The van der Waals surface area contributed by atoms with E-state index < -0.39 is 40.2 Å². The first-order valence-electron chi connectivity index (χ1n) is 5.96. The maximum Gasteiger partial charge on any atom is 1.00 e. The average Bonchev–Trinajstić information content (AvgIpc) is 2.48. The summed E-state index contributed by atoms with van der Waals surface area (Å²) in [7, 11) is -4.92. The van der Waals surface area contributed by atoms with Gasteiger partial charge in [-0.3, -0.25) is 0 Å². The van der Waals surface area contributed by atoms with Crippen LogP contribution in [0.15, 0.2) is 23.1 Å². The zero-order valence-electron chi connectivity index (χ0n) is 12.2. The molecule has 0 aliphatic heterocycles. The molecule has 1 rings (SSSR count). The molecule has 0 bridgehead atoms. The zero-order chi connectivity index (χ0) is 16.8. The third-order valence-corrected chi connectivity index (χ3v) is 3.13. The SMILES string of the molecule is O=C(OCCO)c1cc(C(=O)OCCO)cc(S(=O)(=O)[O-])c1.[Na+]. The normalized spacial score (nSPS) is 10.6. The maximum atomic E-state index is 11.6. The van der Waals surface area contributed by atoms with Crippen LogP contribution in [0.3, 0.4) is 0 Å². The molecule has 0 aliphatic rings. The Bertz CT molecular complexity index is 618. The Morgan fingerprint density at radius 1 is 0.957 bits per heavy atom. The van der Waals surface area contributed by atoms with Crippen LogP contribution in [0.2, 0.25) is 0 Å². The Labute approximate surface area is 154 Å². The van der Waals surface area contributed by atoms with E-state index in [0.29, 0.717) is 0 Å². The van der Waals surface area contributed by atoms with Crippen molar-refractivity contribution in [2.75, 3.05) is 26.4 Å². The quantitative estimate of drug-likeness (QED) is 0.282. The second-order valence-electron chi connectivity index (χ2n) is 3.92. The molecule has 0 aromatic heterocycles. The number of ether oxygens (including phenoxy) is 2. The van der Waals surface area contributed by atoms with Gasteiger partial charge in [0.15, 0.2) is 0 Å². The van der Waals surface area contributed by atoms with Crippen LogP contribution < -0.4 is 29.6 Å². The van der Waals surface area contributed by atoms with Crippen LogP contribution in [0, 0.1) is 0 Å². The van der Waals surface area contributed by atoms with Gasteiger partial charge in [0.2, 0.25) is 0 Å². The molecule has 9 nitrogen and oxygen atoms in total. The van der Waals surface area contributed by atoms with E-state index in [0.717, 1.165) is 18.2 Å². The third-order valence-electron chi connectivity index (χ3n) is 2.32. The van der Waals surface area contributed by atoms with Crippen molar-refractivity contribution in [3.63, 3.8) is 0 Å². The Morgan fingerprint density at radius 2 is 1.35 bits per heavy atom. The Balaban J connectivity index is 0.00000484. The van der Waals surface area contributed by atoms with Crippen molar-refractivity contribution >= 4 is 22.1 Å². The molecule has 0 fully saturated rings. The number of hydrogen-bond acceptors (Lipinski definition) is 9. The maximum absolute atomic E-state index is 11.6. The predicted molar refractivity (Wildman–Crippen MR) is 69.1 cm³/mol. The van der Waals surface area contributed by atoms with E-state index in [1.165, 1.54) is 0 Å². The van der Waals surface area contributed by atoms with Crippen molar-refractivity contribution in [1.82, 2.24) is 0 Å². The minimum absolute atomic E-state index is 0. The number of hydrogen-bond donors (Lipinski definition) is 2. The summed E-state index contributed by atoms with van der Waals surface area (Å²) in [6, 6.07) is 2.49. The molecule has 0 heterocycles. The number of aliphatic hydroxyl groups excluding tert-OH is 2. The molecule has 0 saturated carbocycles. The minimum Gasteiger partial charge on any atom is -0.744 e. The van der Waals surface area contributed by atoms with E-state index in [-0.39, 0.29) is 53.9 Å². The van der Waals surface area contributed by atoms with Crippen LogP contribution in [0.4, 0.5) is 0 Å². The van der Waals surface area contributed by atoms with Gasteiger partial charge in [-0.2, -0.15) is 0 Å². The van der Waals surface area contributed by atoms with E-state index in [2.05, 4.69) is 9.47 Å². The van der Waals surface area contributed by atoms with Gasteiger partial charge in [-0.25, -0.2) is 18.0 Å². The molecule has 0 unspecified atom stereocenters. The molecule has 0 aliphatic carbocycles. The molecule has 0 atom stereocenters. The van der Waals surface area contributed by atoms with Crippen molar-refractivity contribution in [3.8, 4) is 0 Å². The number of benzene rings is 1. The first kappa shape index (κ1) is 22.0. The summed E-state index contributed by atoms with van der Waals surface area (Å²) in [6.45, 7) is -1.57. The number of aliphatic hydroxyl groups is 2. The van der Waals surface area contributed by atoms with Gasteiger partial charge in [0.1, 0.15) is 23.3 Å². The van der Waals surface area contributed by atoms with Crippen LogP contribution in [0.5, 0.6) is 0 Å². The fourth-order valence-electron chi connectivity index (χ4n) is 1.42. The fraction of sp³-hybridized carbons (Fsp3) is 0.333. The number of esters is 2. The summed E-state index contributed by atoms with van der Waals surface area (Å²) >= 11 is 0. The smallest absolute Gasteiger partial charge is 0.744 e. The monoisotopic (exact) mass is 356 g/mol. The second-order valence-corrected chi connectivity index (χ2v) is 5.30. The van der Waals surface area contributed by atoms with Gasteiger partial charge in [0.05, 0.1) is 29.2 Å². The standard InChI is InChI=1S/C12H14O9S.Na/c13-1-3-20-11(15)8-5-9(12(16)21-4-2-14)7-10(6-8)22(17,18)19;/h5-7,13-14H,1-4H2,(H,17,18,19);/q;+1/p-1. The predicted octanol–water partition coefficient (Wildman–Crippen LogP) is -4.11. The van der Waals surface area contributed by atoms with Crippen molar-refractivity contribution in [1.29, 1.82) is 0 Å². The molecular formula is C12H13NaO9S. The Kier molecular flexibility index (Phi) is 9.54. The first-order valence-corrected chi connectivity index (χ1v) is 7.37. The topological polar surface area (TPSA) is 150 Å². The number of rotatable bonds is 7. The Morgan fingerprint density at radius 3 is 1.65 bits per heavy atom. The van der Waals surface area contributed by atoms with E-state index in [4.69, 9.17) is 10.2 Å². The number of carbonyl (C=O) groups is 2. The summed E-state index contributed by atoms with van der Waals surface area (Å²) in [6.07, 6.45) is 0. The van der Waals surface area contributed by atoms with Gasteiger partial charge in [0, 0.05) is 0 Å². The van der Waals surface area contributed by atoms with Gasteiger partial charge >= 0.3 is 41.5 Å². The molecule has 0 spiro atoms. The van der Waals surface area contributed by atoms with Crippen molar-refractivity contribution in [2.45, 2.75) is 4.90 Å². The summed E-state index contributed by atoms with van der Waals surface area (Å²) in [5.41, 5.74) is -0.720. The van der Waals surface area contributed by atoms with Crippen LogP contribution in [-0.4, -0.2) is 61.5 Å². The molecule has 0 radical (unpaired) electrons. The second kappa shape index (κ2) is 9.98. The molecule has 23 heavy (non-hydrogen) atoms. The van der Waals surface area contributed by atoms with Crippen LogP contribution >= 0.6 is 0 Å². The average molecular weight is 356 g/mol. The van der Waals surface area contributed by atoms with Gasteiger partial charge < -0.3 is 24.2 Å². The number of carbonyl (C=O) groups excluding carboxylic acids is 2. The molecule has 1 aromatic carbocycles. The van der Waals surface area contributed by atoms with E-state index >= 15 is 0 Å². The van der Waals surface area contributed by atoms with E-state index in [9.17, 15) is 22.6 Å². The minimum atomic E-state index is -4.92. The first-order chi connectivity index (χ1) is 10.3. The Hall–Kier alpha value is -1.01. The van der Waals surface area contributed by atoms with Crippen molar-refractivity contribution in [3.05, 3.63) is 29.3 Å². The molecule has 11 heteroatoms. The van der Waals surface area contributed by atoms with Crippen LogP contribution in [0.25, 0.3) is 0 Å². The van der Waals surface area contributed by atoms with Crippen LogP contribution in [-0.2, 0) is 19.6 Å². The zero-order valence-corrected chi connectivity index (χ0v) is 15.0. The van der Waals surface area contributed by atoms with E-state index in [1.54, 1.807) is 0 Å². The molecule has 2 N–H and O–H groups in total. The van der Waals surface area contributed by atoms with Gasteiger partial charge in [0.25, 0.3) is 0 Å². The fourth-order valence-corrected chi connectivity index (χ4v) is 1.97. The van der Waals surface area contributed by atoms with Crippen molar-refractivity contribution in [2.24, 2.45) is 0 Å². The molecular weight excluding hydrogens is 343 g/mol. The summed E-state index contributed by atoms with van der Waals surface area (Å²) in [5, 5.41) is 17.1. The molecule has 0 saturated heterocycles. The summed E-state index contributed by atoms with van der Waals surface area (Å²) < 4.78 is 42.4. The van der Waals surface area contributed by atoms with Gasteiger partial charge in [-0.15, -0.1) is 0 Å². The van der Waals surface area contributed by atoms with Gasteiger partial charge in [-0.05, 0) is 18.2 Å². The summed E-state index contributed by atoms with van der Waals surface area (Å²) in [5.74, 6) is -2.04. The molecule has 0 amide bonds. The van der Waals surface area contributed by atoms with Crippen LogP contribution in [0.1, 0.15) is 20.7 Å². The molecule has 1 aromatic rings. The van der Waals surface area contributed by atoms with E-state index in [1.807, 2.05) is 0 Å². The van der Waals surface area contributed by atoms with Gasteiger partial charge in [-0.1, -0.05) is 0 Å². The van der Waals surface area contributed by atoms with Crippen molar-refractivity contribution < 1.29 is 71.8 Å². The largest absolute Gasteiger partial charge is 1.00 e.